The van der Waals surface area contributed by atoms with Crippen LogP contribution in [0.3, 0.4) is 0 Å². The number of hydrogen-bond acceptors (Lipinski definition) is 3. The predicted octanol–water partition coefficient (Wildman–Crippen LogP) is 5.26. The van der Waals surface area contributed by atoms with Gasteiger partial charge in [0.2, 0.25) is 5.91 Å². The summed E-state index contributed by atoms with van der Waals surface area (Å²) in [5.41, 5.74) is 1.38. The van der Waals surface area contributed by atoms with Gasteiger partial charge < -0.3 is 15.7 Å². The van der Waals surface area contributed by atoms with Gasteiger partial charge in [-0.05, 0) is 65.6 Å². The second-order valence-corrected chi connectivity index (χ2v) is 10.9. The summed E-state index contributed by atoms with van der Waals surface area (Å²) in [5, 5.41) is 17.3. The van der Waals surface area contributed by atoms with Gasteiger partial charge in [0.15, 0.2) is 0 Å². The van der Waals surface area contributed by atoms with Crippen LogP contribution in [0.1, 0.15) is 76.5 Å². The number of nitrogens with one attached hydrogen (secondary N) is 2. The van der Waals surface area contributed by atoms with Crippen molar-refractivity contribution in [2.75, 3.05) is 6.54 Å². The number of rotatable bonds is 8. The van der Waals surface area contributed by atoms with Crippen LogP contribution in [0.4, 0.5) is 13.2 Å². The average molecular weight is 491 g/mol. The van der Waals surface area contributed by atoms with E-state index < -0.39 is 29.3 Å². The second kappa shape index (κ2) is 11.1. The summed E-state index contributed by atoms with van der Waals surface area (Å²) in [5.74, 6) is -2.06. The van der Waals surface area contributed by atoms with E-state index in [0.717, 1.165) is 49.3 Å². The van der Waals surface area contributed by atoms with Gasteiger partial charge in [-0.1, -0.05) is 46.1 Å². The van der Waals surface area contributed by atoms with Gasteiger partial charge in [-0.3, -0.25) is 4.79 Å². The van der Waals surface area contributed by atoms with E-state index in [1.165, 1.54) is 19.1 Å². The molecule has 3 rings (SSSR count). The molecule has 1 aliphatic rings. The van der Waals surface area contributed by atoms with Crippen LogP contribution >= 0.6 is 0 Å². The van der Waals surface area contributed by atoms with Crippen molar-refractivity contribution in [3.8, 4) is 0 Å². The van der Waals surface area contributed by atoms with Crippen LogP contribution in [-0.4, -0.2) is 29.7 Å². The molecule has 1 aliphatic carbocycles. The maximum absolute atomic E-state index is 14.7. The van der Waals surface area contributed by atoms with E-state index in [-0.39, 0.29) is 30.1 Å². The largest absolute Gasteiger partial charge is 0.390 e. The predicted molar refractivity (Wildman–Crippen MR) is 132 cm³/mol. The summed E-state index contributed by atoms with van der Waals surface area (Å²) in [7, 11) is 0. The van der Waals surface area contributed by atoms with E-state index >= 15 is 0 Å². The molecule has 0 radical (unpaired) electrons. The molecule has 2 aromatic carbocycles. The molecule has 4 nitrogen and oxygen atoms in total. The zero-order valence-corrected chi connectivity index (χ0v) is 21.1. The molecular weight excluding hydrogens is 453 g/mol. The first-order chi connectivity index (χ1) is 16.4. The third kappa shape index (κ3) is 7.31. The fourth-order valence-corrected chi connectivity index (χ4v) is 4.99. The Hall–Kier alpha value is -2.38. The number of benzene rings is 2. The lowest BCUT2D eigenvalue weighted by Crippen LogP contribution is -2.53. The second-order valence-electron chi connectivity index (χ2n) is 10.9. The van der Waals surface area contributed by atoms with Crippen molar-refractivity contribution in [2.45, 2.75) is 89.3 Å². The molecule has 0 saturated heterocycles. The maximum atomic E-state index is 14.7. The summed E-state index contributed by atoms with van der Waals surface area (Å²) in [6, 6.07) is 7.62. The molecule has 0 spiro atoms. The number of halogens is 3. The van der Waals surface area contributed by atoms with Gasteiger partial charge in [0.05, 0.1) is 12.1 Å². The molecule has 1 saturated carbocycles. The molecule has 1 fully saturated rings. The molecule has 2 unspecified atom stereocenters. The molecule has 1 amide bonds. The van der Waals surface area contributed by atoms with Crippen molar-refractivity contribution in [1.29, 1.82) is 0 Å². The molecule has 35 heavy (non-hydrogen) atoms. The van der Waals surface area contributed by atoms with Crippen molar-refractivity contribution >= 4 is 5.91 Å². The molecule has 192 valence electrons. The van der Waals surface area contributed by atoms with Crippen molar-refractivity contribution < 1.29 is 23.1 Å². The molecule has 3 N–H and O–H groups in total. The van der Waals surface area contributed by atoms with Crippen LogP contribution < -0.4 is 10.6 Å². The molecule has 0 heterocycles. The third-order valence-electron chi connectivity index (χ3n) is 6.90. The first-order valence-corrected chi connectivity index (χ1v) is 12.3. The highest BCUT2D eigenvalue weighted by Crippen LogP contribution is 2.39. The topological polar surface area (TPSA) is 61.4 Å². The standard InChI is InChI=1S/C28H37F3N2O2/c1-18(34)33-25(12-19-10-22(29)16-23(30)11-19)26(35)17-32-28(8-6-5-7-9-28)21-13-20(27(2,3)4)14-24(31)15-21/h10-11,13-16,25-26,32,35H,5-9,12,17H2,1-4H3,(H,33,34). The Morgan fingerprint density at radius 3 is 2.14 bits per heavy atom. The van der Waals surface area contributed by atoms with Gasteiger partial charge in [0.1, 0.15) is 17.5 Å². The Labute approximate surface area is 206 Å². The third-order valence-corrected chi connectivity index (χ3v) is 6.90. The maximum Gasteiger partial charge on any atom is 0.217 e. The van der Waals surface area contributed by atoms with E-state index in [9.17, 15) is 23.1 Å². The lowest BCUT2D eigenvalue weighted by molar-refractivity contribution is -0.120. The number of amides is 1. The van der Waals surface area contributed by atoms with Crippen LogP contribution in [0.15, 0.2) is 36.4 Å². The summed E-state index contributed by atoms with van der Waals surface area (Å²) < 4.78 is 42.0. The van der Waals surface area contributed by atoms with Crippen LogP contribution in [-0.2, 0) is 22.2 Å². The normalized spacial score (nSPS) is 17.6. The van der Waals surface area contributed by atoms with Gasteiger partial charge in [-0.15, -0.1) is 0 Å². The highest BCUT2D eigenvalue weighted by atomic mass is 19.1. The minimum atomic E-state index is -1.03. The molecule has 0 aromatic heterocycles. The van der Waals surface area contributed by atoms with Crippen LogP contribution in [0, 0.1) is 17.5 Å². The minimum Gasteiger partial charge on any atom is -0.390 e. The summed E-state index contributed by atoms with van der Waals surface area (Å²) in [6.07, 6.45) is 3.68. The van der Waals surface area contributed by atoms with E-state index in [0.29, 0.717) is 5.56 Å². The van der Waals surface area contributed by atoms with Crippen molar-refractivity contribution in [2.24, 2.45) is 0 Å². The molecule has 0 aliphatic heterocycles. The van der Waals surface area contributed by atoms with Gasteiger partial charge in [-0.25, -0.2) is 13.2 Å². The number of aliphatic hydroxyl groups is 1. The molecule has 2 atom stereocenters. The molecule has 0 bridgehead atoms. The fourth-order valence-electron chi connectivity index (χ4n) is 4.99. The number of carbonyl (C=O) groups excluding carboxylic acids is 1. The molecule has 2 aromatic rings. The smallest absolute Gasteiger partial charge is 0.217 e. The lowest BCUT2D eigenvalue weighted by atomic mass is 9.74. The molecule has 7 heteroatoms. The van der Waals surface area contributed by atoms with Crippen LogP contribution in [0.25, 0.3) is 0 Å². The SMILES string of the molecule is CC(=O)NC(Cc1cc(F)cc(F)c1)C(O)CNC1(c2cc(F)cc(C(C)(C)C)c2)CCCCC1. The number of hydrogen-bond donors (Lipinski definition) is 3. The van der Waals surface area contributed by atoms with Crippen molar-refractivity contribution in [3.05, 3.63) is 70.5 Å². The van der Waals surface area contributed by atoms with Crippen molar-refractivity contribution in [3.63, 3.8) is 0 Å². The number of aliphatic hydroxyl groups excluding tert-OH is 1. The van der Waals surface area contributed by atoms with E-state index in [1.54, 1.807) is 12.1 Å². The van der Waals surface area contributed by atoms with Gasteiger partial charge in [0.25, 0.3) is 0 Å². The van der Waals surface area contributed by atoms with Gasteiger partial charge in [0, 0.05) is 25.1 Å². The quantitative estimate of drug-likeness (QED) is 0.473. The first kappa shape index (κ1) is 27.2. The van der Waals surface area contributed by atoms with Crippen molar-refractivity contribution in [1.82, 2.24) is 10.6 Å². The zero-order chi connectivity index (χ0) is 25.8. The van der Waals surface area contributed by atoms with Gasteiger partial charge >= 0.3 is 0 Å². The summed E-state index contributed by atoms with van der Waals surface area (Å²) in [6.45, 7) is 7.60. The van der Waals surface area contributed by atoms with E-state index in [1.807, 2.05) is 20.8 Å². The molecular formula is C28H37F3N2O2. The summed E-state index contributed by atoms with van der Waals surface area (Å²) >= 11 is 0. The highest BCUT2D eigenvalue weighted by Gasteiger charge is 2.36. The number of carbonyl (C=O) groups is 1. The lowest BCUT2D eigenvalue weighted by Gasteiger charge is -2.41. The zero-order valence-electron chi connectivity index (χ0n) is 21.1. The van der Waals surface area contributed by atoms with Crippen LogP contribution in [0.2, 0.25) is 0 Å². The minimum absolute atomic E-state index is 0.0677. The van der Waals surface area contributed by atoms with Crippen LogP contribution in [0.5, 0.6) is 0 Å². The monoisotopic (exact) mass is 490 g/mol. The Balaban J connectivity index is 1.84. The average Bonchev–Trinajstić information content (AvgIpc) is 2.75. The van der Waals surface area contributed by atoms with E-state index in [4.69, 9.17) is 0 Å². The Morgan fingerprint density at radius 1 is 0.971 bits per heavy atom. The Morgan fingerprint density at radius 2 is 1.57 bits per heavy atom. The van der Waals surface area contributed by atoms with Gasteiger partial charge in [-0.2, -0.15) is 0 Å². The van der Waals surface area contributed by atoms with E-state index in [2.05, 4.69) is 16.7 Å². The highest BCUT2D eigenvalue weighted by molar-refractivity contribution is 5.73. The summed E-state index contributed by atoms with van der Waals surface area (Å²) in [4.78, 5) is 11.8. The Bertz CT molecular complexity index is 1010. The Kier molecular flexibility index (Phi) is 8.65. The fraction of sp³-hybridized carbons (Fsp3) is 0.536. The first-order valence-electron chi connectivity index (χ1n) is 12.3.